The molecule has 1 unspecified atom stereocenters. The van der Waals surface area contributed by atoms with Crippen molar-refractivity contribution in [1.29, 1.82) is 0 Å². The Kier molecular flexibility index (Phi) is 5.08. The molecule has 2 rings (SSSR count). The summed E-state index contributed by atoms with van der Waals surface area (Å²) in [7, 11) is 0. The molecule has 0 aliphatic heterocycles. The number of hydrogen-bond acceptors (Lipinski definition) is 1. The van der Waals surface area contributed by atoms with E-state index in [4.69, 9.17) is 5.73 Å². The van der Waals surface area contributed by atoms with Gasteiger partial charge in [0.05, 0.1) is 5.56 Å². The molecule has 1 saturated carbocycles. The lowest BCUT2D eigenvalue weighted by atomic mass is 9.84. The third-order valence-electron chi connectivity index (χ3n) is 4.11. The van der Waals surface area contributed by atoms with Gasteiger partial charge in [-0.1, -0.05) is 50.3 Å². The van der Waals surface area contributed by atoms with Gasteiger partial charge in [-0.2, -0.15) is 13.2 Å². The summed E-state index contributed by atoms with van der Waals surface area (Å²) < 4.78 is 37.9. The molecule has 0 bridgehead atoms. The molecule has 1 fully saturated rings. The fourth-order valence-corrected chi connectivity index (χ4v) is 3.11. The molecule has 1 atom stereocenters. The predicted molar refractivity (Wildman–Crippen MR) is 74.3 cm³/mol. The van der Waals surface area contributed by atoms with Crippen molar-refractivity contribution >= 4 is 0 Å². The number of rotatable bonds is 4. The molecule has 4 heteroatoms. The summed E-state index contributed by atoms with van der Waals surface area (Å²) in [5.74, 6) is 0.657. The van der Waals surface area contributed by atoms with Crippen molar-refractivity contribution in [1.82, 2.24) is 0 Å². The van der Waals surface area contributed by atoms with E-state index in [-0.39, 0.29) is 6.04 Å². The van der Waals surface area contributed by atoms with Gasteiger partial charge in [0.25, 0.3) is 0 Å². The number of halogens is 3. The fourth-order valence-electron chi connectivity index (χ4n) is 3.11. The van der Waals surface area contributed by atoms with Crippen molar-refractivity contribution in [2.45, 2.75) is 57.2 Å². The molecule has 0 amide bonds. The molecule has 0 saturated heterocycles. The van der Waals surface area contributed by atoms with Gasteiger partial charge in [0.1, 0.15) is 0 Å². The van der Waals surface area contributed by atoms with Crippen molar-refractivity contribution < 1.29 is 13.2 Å². The number of hydrogen-bond donors (Lipinski definition) is 1. The van der Waals surface area contributed by atoms with Crippen LogP contribution in [0.2, 0.25) is 0 Å². The highest BCUT2D eigenvalue weighted by Crippen LogP contribution is 2.30. The van der Waals surface area contributed by atoms with Crippen LogP contribution >= 0.6 is 0 Å². The maximum absolute atomic E-state index is 12.6. The smallest absolute Gasteiger partial charge is 0.327 e. The minimum absolute atomic E-state index is 0.0402. The van der Waals surface area contributed by atoms with Gasteiger partial charge in [-0.25, -0.2) is 0 Å². The lowest BCUT2D eigenvalue weighted by Crippen LogP contribution is -2.27. The average molecular weight is 285 g/mol. The lowest BCUT2D eigenvalue weighted by molar-refractivity contribution is -0.137. The molecular formula is C16H22F3N. The summed E-state index contributed by atoms with van der Waals surface area (Å²) in [6.45, 7) is 0. The van der Waals surface area contributed by atoms with E-state index in [1.165, 1.54) is 44.2 Å². The molecule has 1 aliphatic carbocycles. The molecule has 1 aliphatic rings. The Morgan fingerprint density at radius 1 is 1.15 bits per heavy atom. The number of benzene rings is 1. The second kappa shape index (κ2) is 6.61. The summed E-state index contributed by atoms with van der Waals surface area (Å²) >= 11 is 0. The Morgan fingerprint density at radius 3 is 2.50 bits per heavy atom. The highest BCUT2D eigenvalue weighted by molar-refractivity contribution is 5.26. The van der Waals surface area contributed by atoms with Crippen LogP contribution in [-0.4, -0.2) is 6.04 Å². The zero-order chi connectivity index (χ0) is 14.6. The monoisotopic (exact) mass is 285 g/mol. The molecule has 0 aromatic heterocycles. The van der Waals surface area contributed by atoms with Crippen molar-refractivity contribution in [2.75, 3.05) is 0 Å². The zero-order valence-corrected chi connectivity index (χ0v) is 11.6. The molecule has 0 heterocycles. The van der Waals surface area contributed by atoms with Gasteiger partial charge < -0.3 is 5.73 Å². The van der Waals surface area contributed by atoms with E-state index in [9.17, 15) is 13.2 Å². The summed E-state index contributed by atoms with van der Waals surface area (Å²) in [5, 5.41) is 0. The molecule has 112 valence electrons. The standard InChI is InChI=1S/C16H22F3N/c17-16(18,19)14-8-4-7-13(9-14)11-15(20)10-12-5-2-1-3-6-12/h4,7-9,12,15H,1-3,5-6,10-11,20H2. The number of nitrogens with two attached hydrogens (primary N) is 1. The van der Waals surface area contributed by atoms with E-state index in [0.717, 1.165) is 12.5 Å². The Bertz CT molecular complexity index is 422. The first kappa shape index (κ1) is 15.4. The third kappa shape index (κ3) is 4.51. The summed E-state index contributed by atoms with van der Waals surface area (Å²) in [6.07, 6.45) is 3.45. The Morgan fingerprint density at radius 2 is 1.85 bits per heavy atom. The van der Waals surface area contributed by atoms with Gasteiger partial charge in [0.2, 0.25) is 0 Å². The van der Waals surface area contributed by atoms with E-state index in [0.29, 0.717) is 17.9 Å². The van der Waals surface area contributed by atoms with Crippen LogP contribution in [0.4, 0.5) is 13.2 Å². The zero-order valence-electron chi connectivity index (χ0n) is 11.6. The summed E-state index contributed by atoms with van der Waals surface area (Å²) in [4.78, 5) is 0. The largest absolute Gasteiger partial charge is 0.416 e. The van der Waals surface area contributed by atoms with Gasteiger partial charge in [-0.05, 0) is 30.4 Å². The Balaban J connectivity index is 1.92. The summed E-state index contributed by atoms with van der Waals surface area (Å²) in [5.41, 5.74) is 6.21. The molecule has 1 aromatic rings. The van der Waals surface area contributed by atoms with Gasteiger partial charge in [-0.15, -0.1) is 0 Å². The van der Waals surface area contributed by atoms with Crippen LogP contribution in [-0.2, 0) is 12.6 Å². The van der Waals surface area contributed by atoms with Crippen molar-refractivity contribution in [3.8, 4) is 0 Å². The van der Waals surface area contributed by atoms with Crippen LogP contribution < -0.4 is 5.73 Å². The van der Waals surface area contributed by atoms with Crippen LogP contribution in [0.5, 0.6) is 0 Å². The highest BCUT2D eigenvalue weighted by Gasteiger charge is 2.30. The lowest BCUT2D eigenvalue weighted by Gasteiger charge is -2.24. The maximum Gasteiger partial charge on any atom is 0.416 e. The highest BCUT2D eigenvalue weighted by atomic mass is 19.4. The normalized spacial score (nSPS) is 19.0. The minimum atomic E-state index is -4.27. The molecule has 0 spiro atoms. The Hall–Kier alpha value is -1.03. The maximum atomic E-state index is 12.6. The van der Waals surface area contributed by atoms with Gasteiger partial charge in [0, 0.05) is 6.04 Å². The van der Waals surface area contributed by atoms with Crippen LogP contribution in [0.15, 0.2) is 24.3 Å². The SMILES string of the molecule is NC(Cc1cccc(C(F)(F)F)c1)CC1CCCCC1. The molecular weight excluding hydrogens is 263 g/mol. The Labute approximate surface area is 118 Å². The second-order valence-corrected chi connectivity index (χ2v) is 5.90. The second-order valence-electron chi connectivity index (χ2n) is 5.90. The quantitative estimate of drug-likeness (QED) is 0.863. The van der Waals surface area contributed by atoms with Crippen molar-refractivity contribution in [3.05, 3.63) is 35.4 Å². The first-order chi connectivity index (χ1) is 9.45. The van der Waals surface area contributed by atoms with Crippen molar-refractivity contribution in [2.24, 2.45) is 11.7 Å². The predicted octanol–water partition coefficient (Wildman–Crippen LogP) is 4.55. The van der Waals surface area contributed by atoms with E-state index in [1.807, 2.05) is 0 Å². The van der Waals surface area contributed by atoms with Gasteiger partial charge in [0.15, 0.2) is 0 Å². The molecule has 1 aromatic carbocycles. The first-order valence-corrected chi connectivity index (χ1v) is 7.37. The first-order valence-electron chi connectivity index (χ1n) is 7.37. The van der Waals surface area contributed by atoms with E-state index in [1.54, 1.807) is 6.07 Å². The van der Waals surface area contributed by atoms with Gasteiger partial charge in [-0.3, -0.25) is 0 Å². The van der Waals surface area contributed by atoms with Crippen LogP contribution in [0, 0.1) is 5.92 Å². The van der Waals surface area contributed by atoms with E-state index >= 15 is 0 Å². The van der Waals surface area contributed by atoms with Crippen LogP contribution in [0.1, 0.15) is 49.7 Å². The molecule has 20 heavy (non-hydrogen) atoms. The molecule has 0 radical (unpaired) electrons. The fraction of sp³-hybridized carbons (Fsp3) is 0.625. The topological polar surface area (TPSA) is 26.0 Å². The van der Waals surface area contributed by atoms with Gasteiger partial charge >= 0.3 is 6.18 Å². The third-order valence-corrected chi connectivity index (χ3v) is 4.11. The summed E-state index contributed by atoms with van der Waals surface area (Å²) in [6, 6.07) is 5.49. The van der Waals surface area contributed by atoms with Crippen LogP contribution in [0.3, 0.4) is 0 Å². The average Bonchev–Trinajstić information content (AvgIpc) is 2.39. The number of alkyl halides is 3. The van der Waals surface area contributed by atoms with Crippen molar-refractivity contribution in [3.63, 3.8) is 0 Å². The molecule has 2 N–H and O–H groups in total. The van der Waals surface area contributed by atoms with Crippen LogP contribution in [0.25, 0.3) is 0 Å². The van der Waals surface area contributed by atoms with E-state index in [2.05, 4.69) is 0 Å². The molecule has 1 nitrogen and oxygen atoms in total. The van der Waals surface area contributed by atoms with E-state index < -0.39 is 11.7 Å². The minimum Gasteiger partial charge on any atom is -0.327 e.